The van der Waals surface area contributed by atoms with Gasteiger partial charge >= 0.3 is 0 Å². The molecule has 0 aliphatic carbocycles. The lowest BCUT2D eigenvalue weighted by molar-refractivity contribution is -0.00702. The monoisotopic (exact) mass is 203 g/mol. The molecule has 3 heteroatoms. The molecule has 0 aromatic heterocycles. The van der Waals surface area contributed by atoms with E-state index in [1.165, 1.54) is 0 Å². The summed E-state index contributed by atoms with van der Waals surface area (Å²) >= 11 is 0. The summed E-state index contributed by atoms with van der Waals surface area (Å²) in [6, 6.07) is -0.0446. The van der Waals surface area contributed by atoms with E-state index >= 15 is 0 Å². The largest absolute Gasteiger partial charge is 0.394 e. The molecule has 0 fully saturated rings. The SMILES string of the molecule is CCCCOC(CO)C(N)CC(C)C. The average Bonchev–Trinajstić information content (AvgIpc) is 2.11. The number of hydrogen-bond donors (Lipinski definition) is 2. The fourth-order valence-electron chi connectivity index (χ4n) is 1.39. The lowest BCUT2D eigenvalue weighted by Crippen LogP contribution is -2.40. The number of ether oxygens (including phenoxy) is 1. The van der Waals surface area contributed by atoms with Crippen molar-refractivity contribution in [1.29, 1.82) is 0 Å². The molecule has 0 amide bonds. The van der Waals surface area contributed by atoms with Crippen LogP contribution in [0.1, 0.15) is 40.0 Å². The van der Waals surface area contributed by atoms with Crippen molar-refractivity contribution >= 4 is 0 Å². The van der Waals surface area contributed by atoms with E-state index in [-0.39, 0.29) is 18.8 Å². The maximum atomic E-state index is 9.10. The summed E-state index contributed by atoms with van der Waals surface area (Å²) in [5.74, 6) is 0.550. The summed E-state index contributed by atoms with van der Waals surface area (Å²) in [7, 11) is 0. The topological polar surface area (TPSA) is 55.5 Å². The zero-order valence-electron chi connectivity index (χ0n) is 9.70. The first kappa shape index (κ1) is 13.9. The second-order valence-corrected chi connectivity index (χ2v) is 4.24. The lowest BCUT2D eigenvalue weighted by Gasteiger charge is -2.23. The normalized spacial score (nSPS) is 15.9. The standard InChI is InChI=1S/C11H25NO2/c1-4-5-6-14-11(8-13)10(12)7-9(2)3/h9-11,13H,4-8,12H2,1-3H3. The van der Waals surface area contributed by atoms with Crippen molar-refractivity contribution in [2.45, 2.75) is 52.2 Å². The summed E-state index contributed by atoms with van der Waals surface area (Å²) in [5, 5.41) is 9.10. The zero-order chi connectivity index (χ0) is 11.0. The first-order valence-corrected chi connectivity index (χ1v) is 5.59. The molecule has 0 saturated carbocycles. The summed E-state index contributed by atoms with van der Waals surface area (Å²) in [4.78, 5) is 0. The van der Waals surface area contributed by atoms with E-state index in [0.29, 0.717) is 12.5 Å². The van der Waals surface area contributed by atoms with Gasteiger partial charge in [-0.25, -0.2) is 0 Å². The number of aliphatic hydroxyl groups excluding tert-OH is 1. The van der Waals surface area contributed by atoms with Gasteiger partial charge in [-0.15, -0.1) is 0 Å². The molecule has 0 aromatic carbocycles. The van der Waals surface area contributed by atoms with Crippen molar-refractivity contribution in [2.75, 3.05) is 13.2 Å². The molecule has 0 aliphatic rings. The minimum absolute atomic E-state index is 0.0254. The van der Waals surface area contributed by atoms with Gasteiger partial charge in [-0.3, -0.25) is 0 Å². The first-order valence-electron chi connectivity index (χ1n) is 5.59. The highest BCUT2D eigenvalue weighted by molar-refractivity contribution is 4.73. The molecule has 3 N–H and O–H groups in total. The summed E-state index contributed by atoms with van der Waals surface area (Å²) < 4.78 is 5.52. The van der Waals surface area contributed by atoms with E-state index in [2.05, 4.69) is 20.8 Å². The molecule has 0 rings (SSSR count). The van der Waals surface area contributed by atoms with Crippen molar-refractivity contribution in [3.05, 3.63) is 0 Å². The van der Waals surface area contributed by atoms with Crippen molar-refractivity contribution < 1.29 is 9.84 Å². The van der Waals surface area contributed by atoms with Crippen molar-refractivity contribution in [2.24, 2.45) is 11.7 Å². The molecular weight excluding hydrogens is 178 g/mol. The summed E-state index contributed by atoms with van der Waals surface area (Å²) in [6.07, 6.45) is 2.85. The molecule has 2 unspecified atom stereocenters. The van der Waals surface area contributed by atoms with Crippen LogP contribution in [0.4, 0.5) is 0 Å². The number of nitrogens with two attached hydrogens (primary N) is 1. The zero-order valence-corrected chi connectivity index (χ0v) is 9.70. The predicted octanol–water partition coefficient (Wildman–Crippen LogP) is 1.54. The van der Waals surface area contributed by atoms with E-state index < -0.39 is 0 Å². The molecule has 0 bridgehead atoms. The summed E-state index contributed by atoms with van der Waals surface area (Å²) in [5.41, 5.74) is 5.93. The van der Waals surface area contributed by atoms with Crippen molar-refractivity contribution in [3.63, 3.8) is 0 Å². The Morgan fingerprint density at radius 1 is 1.36 bits per heavy atom. The Labute approximate surface area is 87.6 Å². The van der Waals surface area contributed by atoms with E-state index in [0.717, 1.165) is 19.3 Å². The third-order valence-electron chi connectivity index (χ3n) is 2.23. The molecule has 0 saturated heterocycles. The van der Waals surface area contributed by atoms with Crippen LogP contribution in [0.2, 0.25) is 0 Å². The van der Waals surface area contributed by atoms with Gasteiger partial charge in [-0.2, -0.15) is 0 Å². The van der Waals surface area contributed by atoms with Crippen LogP contribution in [0.15, 0.2) is 0 Å². The van der Waals surface area contributed by atoms with Gasteiger partial charge in [0.1, 0.15) is 0 Å². The predicted molar refractivity (Wildman–Crippen MR) is 59.2 cm³/mol. The smallest absolute Gasteiger partial charge is 0.0956 e. The molecule has 3 nitrogen and oxygen atoms in total. The molecule has 14 heavy (non-hydrogen) atoms. The fraction of sp³-hybridized carbons (Fsp3) is 1.00. The van der Waals surface area contributed by atoms with Crippen LogP contribution in [-0.4, -0.2) is 30.5 Å². The first-order chi connectivity index (χ1) is 6.61. The van der Waals surface area contributed by atoms with Crippen LogP contribution >= 0.6 is 0 Å². The number of unbranched alkanes of at least 4 members (excludes halogenated alkanes) is 1. The average molecular weight is 203 g/mol. The van der Waals surface area contributed by atoms with Crippen LogP contribution in [0.25, 0.3) is 0 Å². The van der Waals surface area contributed by atoms with Gasteiger partial charge < -0.3 is 15.6 Å². The minimum atomic E-state index is -0.191. The van der Waals surface area contributed by atoms with Crippen LogP contribution in [0.3, 0.4) is 0 Å². The Hall–Kier alpha value is -0.120. The van der Waals surface area contributed by atoms with Gasteiger partial charge in [0.05, 0.1) is 12.7 Å². The molecule has 0 aromatic rings. The van der Waals surface area contributed by atoms with Crippen LogP contribution in [0, 0.1) is 5.92 Å². The van der Waals surface area contributed by atoms with Gasteiger partial charge in [0.15, 0.2) is 0 Å². The Balaban J connectivity index is 3.74. The van der Waals surface area contributed by atoms with E-state index in [4.69, 9.17) is 15.6 Å². The van der Waals surface area contributed by atoms with E-state index in [9.17, 15) is 0 Å². The molecule has 0 spiro atoms. The number of aliphatic hydroxyl groups is 1. The highest BCUT2D eigenvalue weighted by Gasteiger charge is 2.18. The molecule has 0 radical (unpaired) electrons. The number of rotatable bonds is 8. The van der Waals surface area contributed by atoms with Crippen LogP contribution in [0.5, 0.6) is 0 Å². The Kier molecular flexibility index (Phi) is 8.14. The van der Waals surface area contributed by atoms with E-state index in [1.807, 2.05) is 0 Å². The Morgan fingerprint density at radius 3 is 2.43 bits per heavy atom. The van der Waals surface area contributed by atoms with Crippen LogP contribution < -0.4 is 5.73 Å². The minimum Gasteiger partial charge on any atom is -0.394 e. The molecule has 0 aliphatic heterocycles. The van der Waals surface area contributed by atoms with Gasteiger partial charge in [-0.1, -0.05) is 27.2 Å². The van der Waals surface area contributed by atoms with Gasteiger partial charge in [-0.05, 0) is 18.8 Å². The van der Waals surface area contributed by atoms with Gasteiger partial charge in [0, 0.05) is 12.6 Å². The highest BCUT2D eigenvalue weighted by Crippen LogP contribution is 2.09. The molecular formula is C11H25NO2. The third-order valence-corrected chi connectivity index (χ3v) is 2.23. The third kappa shape index (κ3) is 6.35. The van der Waals surface area contributed by atoms with Crippen LogP contribution in [-0.2, 0) is 4.74 Å². The Morgan fingerprint density at radius 2 is 2.00 bits per heavy atom. The molecule has 86 valence electrons. The summed E-state index contributed by atoms with van der Waals surface area (Å²) in [6.45, 7) is 7.09. The Bertz CT molecular complexity index is 128. The van der Waals surface area contributed by atoms with Gasteiger partial charge in [0.25, 0.3) is 0 Å². The highest BCUT2D eigenvalue weighted by atomic mass is 16.5. The second-order valence-electron chi connectivity index (χ2n) is 4.24. The maximum absolute atomic E-state index is 9.10. The molecule has 0 heterocycles. The fourth-order valence-corrected chi connectivity index (χ4v) is 1.39. The van der Waals surface area contributed by atoms with Crippen molar-refractivity contribution in [3.8, 4) is 0 Å². The maximum Gasteiger partial charge on any atom is 0.0956 e. The molecule has 2 atom stereocenters. The van der Waals surface area contributed by atoms with Gasteiger partial charge in [0.2, 0.25) is 0 Å². The number of hydrogen-bond acceptors (Lipinski definition) is 3. The second kappa shape index (κ2) is 8.21. The lowest BCUT2D eigenvalue weighted by atomic mass is 10.0. The van der Waals surface area contributed by atoms with Crippen molar-refractivity contribution in [1.82, 2.24) is 0 Å². The van der Waals surface area contributed by atoms with E-state index in [1.54, 1.807) is 0 Å². The quantitative estimate of drug-likeness (QED) is 0.588.